The number of hydrogen-bond acceptors (Lipinski definition) is 4. The monoisotopic (exact) mass is 302 g/mol. The summed E-state index contributed by atoms with van der Waals surface area (Å²) in [7, 11) is 0. The van der Waals surface area contributed by atoms with Crippen LogP contribution in [0, 0.1) is 30.9 Å². The quantitative estimate of drug-likeness (QED) is 0.676. The average Bonchev–Trinajstić information content (AvgIpc) is 2.72. The van der Waals surface area contributed by atoms with E-state index in [1.54, 1.807) is 13.8 Å². The van der Waals surface area contributed by atoms with E-state index < -0.39 is 4.92 Å². The molecule has 116 valence electrons. The molecule has 0 unspecified atom stereocenters. The van der Waals surface area contributed by atoms with Crippen molar-refractivity contribution in [2.24, 2.45) is 0 Å². The molecular formula is C15H18N4O3. The van der Waals surface area contributed by atoms with Crippen LogP contribution in [-0.4, -0.2) is 20.6 Å². The third kappa shape index (κ3) is 3.30. The fourth-order valence-corrected chi connectivity index (χ4v) is 2.30. The van der Waals surface area contributed by atoms with Gasteiger partial charge in [0.15, 0.2) is 0 Å². The Morgan fingerprint density at radius 1 is 1.32 bits per heavy atom. The summed E-state index contributed by atoms with van der Waals surface area (Å²) in [6.07, 6.45) is 0. The van der Waals surface area contributed by atoms with Crippen LogP contribution in [0.3, 0.4) is 0 Å². The fraction of sp³-hybridized carbons (Fsp3) is 0.333. The summed E-state index contributed by atoms with van der Waals surface area (Å²) in [4.78, 5) is 22.5. The molecule has 2 rings (SSSR count). The van der Waals surface area contributed by atoms with E-state index in [4.69, 9.17) is 0 Å². The maximum absolute atomic E-state index is 12.0. The fourth-order valence-electron chi connectivity index (χ4n) is 2.30. The van der Waals surface area contributed by atoms with Gasteiger partial charge >= 0.3 is 5.69 Å². The van der Waals surface area contributed by atoms with Gasteiger partial charge in [-0.2, -0.15) is 5.10 Å². The van der Waals surface area contributed by atoms with Crippen molar-refractivity contribution in [2.75, 3.05) is 0 Å². The summed E-state index contributed by atoms with van der Waals surface area (Å²) < 4.78 is 1.36. The van der Waals surface area contributed by atoms with E-state index in [1.807, 2.05) is 31.2 Å². The largest absolute Gasteiger partial charge is 0.350 e. The van der Waals surface area contributed by atoms with Crippen molar-refractivity contribution in [1.82, 2.24) is 15.1 Å². The van der Waals surface area contributed by atoms with Gasteiger partial charge in [0.1, 0.15) is 17.9 Å². The molecule has 1 amide bonds. The van der Waals surface area contributed by atoms with Crippen LogP contribution < -0.4 is 5.32 Å². The van der Waals surface area contributed by atoms with Crippen molar-refractivity contribution in [1.29, 1.82) is 0 Å². The Hall–Kier alpha value is -2.70. The number of aromatic nitrogens is 2. The molecule has 1 N–H and O–H groups in total. The van der Waals surface area contributed by atoms with Gasteiger partial charge in [-0.3, -0.25) is 19.6 Å². The number of hydrogen-bond donors (Lipinski definition) is 1. The van der Waals surface area contributed by atoms with E-state index in [-0.39, 0.29) is 18.1 Å². The van der Waals surface area contributed by atoms with Crippen LogP contribution in [0.25, 0.3) is 0 Å². The molecule has 0 bridgehead atoms. The van der Waals surface area contributed by atoms with Crippen LogP contribution in [0.15, 0.2) is 24.3 Å². The van der Waals surface area contributed by atoms with E-state index >= 15 is 0 Å². The van der Waals surface area contributed by atoms with E-state index in [9.17, 15) is 14.9 Å². The number of carbonyl (C=O) groups is 1. The van der Waals surface area contributed by atoms with Crippen LogP contribution in [0.1, 0.15) is 22.5 Å². The molecule has 7 heteroatoms. The van der Waals surface area contributed by atoms with E-state index in [0.29, 0.717) is 17.9 Å². The normalized spacial score (nSPS) is 10.5. The van der Waals surface area contributed by atoms with Gasteiger partial charge in [0.25, 0.3) is 0 Å². The summed E-state index contributed by atoms with van der Waals surface area (Å²) in [6, 6.07) is 7.78. The smallest absolute Gasteiger partial charge is 0.312 e. The Kier molecular flexibility index (Phi) is 4.55. The highest BCUT2D eigenvalue weighted by Gasteiger charge is 2.22. The molecule has 0 spiro atoms. The first-order chi connectivity index (χ1) is 10.4. The molecule has 0 aliphatic rings. The second kappa shape index (κ2) is 6.38. The Morgan fingerprint density at radius 3 is 2.59 bits per heavy atom. The number of nitro groups is 1. The Morgan fingerprint density at radius 2 is 2.00 bits per heavy atom. The maximum Gasteiger partial charge on any atom is 0.312 e. The van der Waals surface area contributed by atoms with Gasteiger partial charge in [-0.15, -0.1) is 0 Å². The molecule has 0 saturated carbocycles. The lowest BCUT2D eigenvalue weighted by Crippen LogP contribution is -2.28. The topological polar surface area (TPSA) is 90.1 Å². The van der Waals surface area contributed by atoms with Crippen molar-refractivity contribution in [2.45, 2.75) is 33.9 Å². The van der Waals surface area contributed by atoms with E-state index in [1.165, 1.54) is 4.68 Å². The third-order valence-electron chi connectivity index (χ3n) is 3.56. The molecule has 0 aliphatic carbocycles. The molecule has 7 nitrogen and oxygen atoms in total. The molecular weight excluding hydrogens is 284 g/mol. The van der Waals surface area contributed by atoms with Gasteiger partial charge in [-0.05, 0) is 31.9 Å². The van der Waals surface area contributed by atoms with Crippen LogP contribution in [0.5, 0.6) is 0 Å². The van der Waals surface area contributed by atoms with Crippen LogP contribution in [0.4, 0.5) is 5.69 Å². The number of benzene rings is 1. The molecule has 1 aromatic heterocycles. The van der Waals surface area contributed by atoms with Gasteiger partial charge < -0.3 is 5.32 Å². The summed E-state index contributed by atoms with van der Waals surface area (Å²) in [5.41, 5.74) is 2.80. The first kappa shape index (κ1) is 15.7. The number of carbonyl (C=O) groups excluding carboxylic acids is 1. The number of nitrogens with zero attached hydrogens (tertiary/aromatic N) is 3. The third-order valence-corrected chi connectivity index (χ3v) is 3.56. The zero-order valence-electron chi connectivity index (χ0n) is 12.8. The van der Waals surface area contributed by atoms with Crippen molar-refractivity contribution < 1.29 is 9.72 Å². The molecule has 1 heterocycles. The van der Waals surface area contributed by atoms with Gasteiger partial charge in [-0.1, -0.05) is 24.3 Å². The maximum atomic E-state index is 12.0. The number of aryl methyl sites for hydroxylation is 2. The highest BCUT2D eigenvalue weighted by Crippen LogP contribution is 2.21. The van der Waals surface area contributed by atoms with Gasteiger partial charge in [0.2, 0.25) is 5.91 Å². The predicted octanol–water partition coefficient (Wildman–Crippen LogP) is 2.03. The summed E-state index contributed by atoms with van der Waals surface area (Å²) in [6.45, 7) is 5.52. The molecule has 1 aromatic carbocycles. The summed E-state index contributed by atoms with van der Waals surface area (Å²) >= 11 is 0. The van der Waals surface area contributed by atoms with Gasteiger partial charge in [-0.25, -0.2) is 0 Å². The van der Waals surface area contributed by atoms with Crippen LogP contribution in [0.2, 0.25) is 0 Å². The molecule has 0 saturated heterocycles. The molecule has 2 aromatic rings. The Bertz CT molecular complexity index is 722. The van der Waals surface area contributed by atoms with Crippen molar-refractivity contribution in [3.05, 3.63) is 56.9 Å². The lowest BCUT2D eigenvalue weighted by atomic mass is 10.1. The minimum Gasteiger partial charge on any atom is -0.350 e. The number of rotatable bonds is 5. The lowest BCUT2D eigenvalue weighted by Gasteiger charge is -2.08. The Balaban J connectivity index is 2.03. The molecule has 0 atom stereocenters. The number of amides is 1. The van der Waals surface area contributed by atoms with Gasteiger partial charge in [0.05, 0.1) is 4.92 Å². The second-order valence-electron chi connectivity index (χ2n) is 5.14. The SMILES string of the molecule is Cc1ccccc1CNC(=O)Cn1nc(C)c([N+](=O)[O-])c1C. The molecule has 0 aliphatic heterocycles. The summed E-state index contributed by atoms with van der Waals surface area (Å²) in [5.74, 6) is -0.233. The first-order valence-electron chi connectivity index (χ1n) is 6.89. The van der Waals surface area contributed by atoms with Crippen LogP contribution in [-0.2, 0) is 17.9 Å². The first-order valence-corrected chi connectivity index (χ1v) is 6.89. The minimum atomic E-state index is -0.473. The van der Waals surface area contributed by atoms with E-state index in [2.05, 4.69) is 10.4 Å². The number of nitrogens with one attached hydrogen (secondary N) is 1. The van der Waals surface area contributed by atoms with E-state index in [0.717, 1.165) is 11.1 Å². The highest BCUT2D eigenvalue weighted by molar-refractivity contribution is 5.75. The predicted molar refractivity (Wildman–Crippen MR) is 81.4 cm³/mol. The van der Waals surface area contributed by atoms with Crippen LogP contribution >= 0.6 is 0 Å². The van der Waals surface area contributed by atoms with Crippen molar-refractivity contribution in [3.63, 3.8) is 0 Å². The van der Waals surface area contributed by atoms with Crippen molar-refractivity contribution in [3.8, 4) is 0 Å². The summed E-state index contributed by atoms with van der Waals surface area (Å²) in [5, 5.41) is 17.8. The molecule has 0 fully saturated rings. The zero-order valence-corrected chi connectivity index (χ0v) is 12.8. The molecule has 0 radical (unpaired) electrons. The Labute approximate surface area is 128 Å². The standard InChI is InChI=1S/C15H18N4O3/c1-10-6-4-5-7-13(10)8-16-14(20)9-18-12(3)15(19(21)22)11(2)17-18/h4-7H,8-9H2,1-3H3,(H,16,20). The second-order valence-corrected chi connectivity index (χ2v) is 5.14. The molecule has 22 heavy (non-hydrogen) atoms. The van der Waals surface area contributed by atoms with Gasteiger partial charge in [0, 0.05) is 6.54 Å². The highest BCUT2D eigenvalue weighted by atomic mass is 16.6. The lowest BCUT2D eigenvalue weighted by molar-refractivity contribution is -0.386. The minimum absolute atomic E-state index is 0.0353. The van der Waals surface area contributed by atoms with Crippen molar-refractivity contribution >= 4 is 11.6 Å². The zero-order chi connectivity index (χ0) is 16.3. The average molecular weight is 302 g/mol.